The molecular formula is C19H23N3O. The summed E-state index contributed by atoms with van der Waals surface area (Å²) in [5, 5.41) is 0. The maximum absolute atomic E-state index is 5.34. The zero-order valence-corrected chi connectivity index (χ0v) is 13.8. The van der Waals surface area contributed by atoms with E-state index < -0.39 is 0 Å². The van der Waals surface area contributed by atoms with Crippen molar-refractivity contribution in [1.82, 2.24) is 14.9 Å². The molecule has 2 heterocycles. The van der Waals surface area contributed by atoms with Gasteiger partial charge >= 0.3 is 0 Å². The first kappa shape index (κ1) is 15.7. The van der Waals surface area contributed by atoms with Crippen LogP contribution in [0.1, 0.15) is 29.6 Å². The summed E-state index contributed by atoms with van der Waals surface area (Å²) in [5.74, 6) is 1.73. The van der Waals surface area contributed by atoms with E-state index in [1.807, 2.05) is 31.3 Å². The average molecular weight is 309 g/mol. The number of methoxy groups -OCH3 is 1. The molecule has 1 aliphatic rings. The van der Waals surface area contributed by atoms with Gasteiger partial charge in [0.25, 0.3) is 0 Å². The summed E-state index contributed by atoms with van der Waals surface area (Å²) in [7, 11) is 1.72. The van der Waals surface area contributed by atoms with E-state index in [1.165, 1.54) is 11.1 Å². The molecule has 4 heteroatoms. The van der Waals surface area contributed by atoms with Crippen molar-refractivity contribution in [1.29, 1.82) is 0 Å². The van der Waals surface area contributed by atoms with E-state index in [0.29, 0.717) is 0 Å². The Labute approximate surface area is 137 Å². The molecule has 0 spiro atoms. The van der Waals surface area contributed by atoms with Crippen molar-refractivity contribution in [2.75, 3.05) is 20.2 Å². The molecule has 0 N–H and O–H groups in total. The second-order valence-corrected chi connectivity index (χ2v) is 5.82. The first-order valence-corrected chi connectivity index (χ1v) is 8.11. The summed E-state index contributed by atoms with van der Waals surface area (Å²) in [4.78, 5) is 11.3. The van der Waals surface area contributed by atoms with Crippen molar-refractivity contribution in [3.8, 4) is 5.75 Å². The normalized spacial score (nSPS) is 15.4. The van der Waals surface area contributed by atoms with E-state index in [-0.39, 0.29) is 0 Å². The van der Waals surface area contributed by atoms with Gasteiger partial charge in [-0.2, -0.15) is 0 Å². The van der Waals surface area contributed by atoms with Crippen LogP contribution in [0.2, 0.25) is 0 Å². The van der Waals surface area contributed by atoms with Gasteiger partial charge in [0.1, 0.15) is 5.75 Å². The van der Waals surface area contributed by atoms with Crippen LogP contribution in [-0.4, -0.2) is 35.1 Å². The predicted molar refractivity (Wildman–Crippen MR) is 92.4 cm³/mol. The van der Waals surface area contributed by atoms with Gasteiger partial charge in [0.05, 0.1) is 12.8 Å². The Bertz CT molecular complexity index is 697. The smallest absolute Gasteiger partial charge is 0.151 e. The lowest BCUT2D eigenvalue weighted by Gasteiger charge is -2.19. The van der Waals surface area contributed by atoms with Gasteiger partial charge in [-0.3, -0.25) is 4.90 Å². The van der Waals surface area contributed by atoms with Crippen molar-refractivity contribution in [3.05, 3.63) is 59.2 Å². The Kier molecular flexibility index (Phi) is 5.03. The van der Waals surface area contributed by atoms with E-state index in [4.69, 9.17) is 4.74 Å². The molecule has 120 valence electrons. The predicted octanol–water partition coefficient (Wildman–Crippen LogP) is 3.12. The number of hydrogen-bond donors (Lipinski definition) is 0. The monoisotopic (exact) mass is 309 g/mol. The third kappa shape index (κ3) is 3.96. The maximum atomic E-state index is 5.34. The molecule has 1 aromatic heterocycles. The molecule has 0 radical (unpaired) electrons. The molecule has 3 rings (SSSR count). The van der Waals surface area contributed by atoms with Gasteiger partial charge in [0.2, 0.25) is 0 Å². The van der Waals surface area contributed by atoms with E-state index in [9.17, 15) is 0 Å². The van der Waals surface area contributed by atoms with Gasteiger partial charge in [-0.25, -0.2) is 9.97 Å². The molecule has 1 aromatic carbocycles. The summed E-state index contributed by atoms with van der Waals surface area (Å²) < 4.78 is 5.34. The fourth-order valence-corrected chi connectivity index (χ4v) is 2.99. The molecular weight excluding hydrogens is 286 g/mol. The largest absolute Gasteiger partial charge is 0.497 e. The van der Waals surface area contributed by atoms with Gasteiger partial charge in [-0.1, -0.05) is 12.1 Å². The van der Waals surface area contributed by atoms with Crippen LogP contribution in [0.5, 0.6) is 5.75 Å². The number of ether oxygens (including phenoxy) is 1. The second kappa shape index (κ2) is 7.38. The molecule has 0 amide bonds. The zero-order chi connectivity index (χ0) is 16.1. The van der Waals surface area contributed by atoms with Crippen LogP contribution in [0.25, 0.3) is 6.08 Å². The Balaban J connectivity index is 1.68. The number of aromatic nitrogens is 2. The number of fused-ring (bicyclic) bond motifs is 1. The first-order chi connectivity index (χ1) is 11.3. The van der Waals surface area contributed by atoms with E-state index >= 15 is 0 Å². The number of allylic oxidation sites excluding steroid dienone is 1. The molecule has 1 aliphatic heterocycles. The Morgan fingerprint density at radius 1 is 1.17 bits per heavy atom. The highest BCUT2D eigenvalue weighted by molar-refractivity contribution is 5.39. The highest BCUT2D eigenvalue weighted by Crippen LogP contribution is 2.22. The summed E-state index contributed by atoms with van der Waals surface area (Å²) in [6.07, 6.45) is 7.88. The molecule has 4 nitrogen and oxygen atoms in total. The maximum Gasteiger partial charge on any atom is 0.151 e. The first-order valence-electron chi connectivity index (χ1n) is 8.11. The fraction of sp³-hybridized carbons (Fsp3) is 0.368. The van der Waals surface area contributed by atoms with Gasteiger partial charge in [-0.05, 0) is 55.2 Å². The van der Waals surface area contributed by atoms with Crippen molar-refractivity contribution in [2.24, 2.45) is 0 Å². The highest BCUT2D eigenvalue weighted by Gasteiger charge is 2.15. The van der Waals surface area contributed by atoms with Crippen LogP contribution in [0.4, 0.5) is 0 Å². The van der Waals surface area contributed by atoms with Crippen molar-refractivity contribution >= 4 is 6.08 Å². The molecule has 0 fully saturated rings. The second-order valence-electron chi connectivity index (χ2n) is 5.82. The molecule has 0 saturated heterocycles. The number of hydrogen-bond acceptors (Lipinski definition) is 4. The number of benzene rings is 1. The number of rotatable bonds is 4. The Morgan fingerprint density at radius 2 is 2.00 bits per heavy atom. The Morgan fingerprint density at radius 3 is 2.78 bits per heavy atom. The third-order valence-electron chi connectivity index (χ3n) is 4.24. The average Bonchev–Trinajstić information content (AvgIpc) is 2.77. The quantitative estimate of drug-likeness (QED) is 0.870. The van der Waals surface area contributed by atoms with E-state index in [0.717, 1.165) is 49.7 Å². The lowest BCUT2D eigenvalue weighted by molar-refractivity contribution is 0.276. The molecule has 0 atom stereocenters. The van der Waals surface area contributed by atoms with Gasteiger partial charge < -0.3 is 4.74 Å². The molecule has 0 bridgehead atoms. The SMILES string of the molecule is C/C=C/c1nccc(CN2CCc3ccc(OC)cc3CC2)n1. The van der Waals surface area contributed by atoms with Crippen molar-refractivity contribution in [2.45, 2.75) is 26.3 Å². The van der Waals surface area contributed by atoms with Gasteiger partial charge in [-0.15, -0.1) is 0 Å². The summed E-state index contributed by atoms with van der Waals surface area (Å²) in [5.41, 5.74) is 3.92. The minimum absolute atomic E-state index is 0.785. The molecule has 0 aliphatic carbocycles. The van der Waals surface area contributed by atoms with Crippen LogP contribution < -0.4 is 4.74 Å². The van der Waals surface area contributed by atoms with Crippen LogP contribution in [0.15, 0.2) is 36.5 Å². The van der Waals surface area contributed by atoms with Crippen LogP contribution in [0.3, 0.4) is 0 Å². The summed E-state index contributed by atoms with van der Waals surface area (Å²) >= 11 is 0. The number of nitrogens with zero attached hydrogens (tertiary/aromatic N) is 3. The Hall–Kier alpha value is -2.20. The molecule has 0 unspecified atom stereocenters. The third-order valence-corrected chi connectivity index (χ3v) is 4.24. The summed E-state index contributed by atoms with van der Waals surface area (Å²) in [6.45, 7) is 4.96. The van der Waals surface area contributed by atoms with Crippen LogP contribution >= 0.6 is 0 Å². The van der Waals surface area contributed by atoms with Crippen molar-refractivity contribution in [3.63, 3.8) is 0 Å². The van der Waals surface area contributed by atoms with E-state index in [2.05, 4.69) is 33.1 Å². The van der Waals surface area contributed by atoms with Crippen LogP contribution in [-0.2, 0) is 19.4 Å². The highest BCUT2D eigenvalue weighted by atomic mass is 16.5. The minimum atomic E-state index is 0.785. The van der Waals surface area contributed by atoms with Gasteiger partial charge in [0, 0.05) is 25.8 Å². The summed E-state index contributed by atoms with van der Waals surface area (Å²) in [6, 6.07) is 8.44. The standard InChI is InChI=1S/C19H23N3O/c1-3-4-19-20-10-7-17(21-19)14-22-11-8-15-5-6-18(23-2)13-16(15)9-12-22/h3-7,10,13H,8-9,11-12,14H2,1-2H3/b4-3+. The zero-order valence-electron chi connectivity index (χ0n) is 13.8. The molecule has 2 aromatic rings. The fourth-order valence-electron chi connectivity index (χ4n) is 2.99. The minimum Gasteiger partial charge on any atom is -0.497 e. The van der Waals surface area contributed by atoms with Crippen LogP contribution in [0, 0.1) is 0 Å². The van der Waals surface area contributed by atoms with Gasteiger partial charge in [0.15, 0.2) is 5.82 Å². The molecule has 23 heavy (non-hydrogen) atoms. The molecule has 0 saturated carbocycles. The van der Waals surface area contributed by atoms with E-state index in [1.54, 1.807) is 7.11 Å². The lowest BCUT2D eigenvalue weighted by Crippen LogP contribution is -2.26. The lowest BCUT2D eigenvalue weighted by atomic mass is 10.0. The van der Waals surface area contributed by atoms with Crippen molar-refractivity contribution < 1.29 is 4.74 Å². The topological polar surface area (TPSA) is 38.2 Å².